The Morgan fingerprint density at radius 2 is 1.28 bits per heavy atom. The Bertz CT molecular complexity index is 1070. The predicted octanol–water partition coefficient (Wildman–Crippen LogP) is 5.69. The lowest BCUT2D eigenvalue weighted by atomic mass is 9.96. The molecule has 0 unspecified atom stereocenters. The summed E-state index contributed by atoms with van der Waals surface area (Å²) in [5.74, 6) is 1.92. The van der Waals surface area contributed by atoms with E-state index in [9.17, 15) is 0 Å². The van der Waals surface area contributed by atoms with Crippen molar-refractivity contribution in [1.29, 1.82) is 0 Å². The fourth-order valence-electron chi connectivity index (χ4n) is 4.74. The first-order valence-corrected chi connectivity index (χ1v) is 12.4. The molecule has 0 aliphatic carbocycles. The molecule has 1 saturated heterocycles. The van der Waals surface area contributed by atoms with E-state index in [0.717, 1.165) is 38.3 Å². The van der Waals surface area contributed by atoms with Gasteiger partial charge >= 0.3 is 0 Å². The normalized spacial score (nSPS) is 15.1. The van der Waals surface area contributed by atoms with Gasteiger partial charge in [-0.15, -0.1) is 0 Å². The Morgan fingerprint density at radius 3 is 1.78 bits per heavy atom. The Balaban J connectivity index is 1.33. The van der Waals surface area contributed by atoms with Crippen LogP contribution in [-0.2, 0) is 0 Å². The minimum absolute atomic E-state index is 0.298. The second-order valence-corrected chi connectivity index (χ2v) is 8.81. The lowest BCUT2D eigenvalue weighted by molar-refractivity contribution is 0.117. The number of ether oxygens (including phenoxy) is 3. The zero-order valence-corrected chi connectivity index (χ0v) is 21.5. The van der Waals surface area contributed by atoms with Gasteiger partial charge in [-0.3, -0.25) is 9.80 Å². The number of nitrogens with zero attached hydrogens (tertiary/aromatic N) is 2. The van der Waals surface area contributed by atoms with E-state index in [4.69, 9.17) is 14.2 Å². The van der Waals surface area contributed by atoms with Gasteiger partial charge in [0.2, 0.25) is 5.75 Å². The van der Waals surface area contributed by atoms with Gasteiger partial charge in [-0.25, -0.2) is 0 Å². The van der Waals surface area contributed by atoms with Crippen LogP contribution < -0.4 is 14.2 Å². The first-order chi connectivity index (χ1) is 17.7. The van der Waals surface area contributed by atoms with Crippen LogP contribution in [0.4, 0.5) is 0 Å². The lowest BCUT2D eigenvalue weighted by Crippen LogP contribution is -2.47. The van der Waals surface area contributed by atoms with Gasteiger partial charge in [0.05, 0.1) is 27.4 Å². The summed E-state index contributed by atoms with van der Waals surface area (Å²) in [4.78, 5) is 5.11. The summed E-state index contributed by atoms with van der Waals surface area (Å²) in [6, 6.07) is 25.9. The quantitative estimate of drug-likeness (QED) is 0.346. The van der Waals surface area contributed by atoms with Gasteiger partial charge in [-0.05, 0) is 28.8 Å². The number of hydrogen-bond donors (Lipinski definition) is 0. The highest BCUT2D eigenvalue weighted by atomic mass is 16.5. The number of piperazine rings is 1. The Labute approximate surface area is 215 Å². The summed E-state index contributed by atoms with van der Waals surface area (Å²) < 4.78 is 16.3. The largest absolute Gasteiger partial charge is 0.493 e. The SMILES string of the molecule is COc1cc(/C=C/C=C/CN2CCN(C(c3ccccc3)c3ccccc3)CC2)cc(OC)c1OC. The zero-order valence-electron chi connectivity index (χ0n) is 21.5. The Morgan fingerprint density at radius 1 is 0.722 bits per heavy atom. The second-order valence-electron chi connectivity index (χ2n) is 8.81. The fraction of sp³-hybridized carbons (Fsp3) is 0.290. The molecule has 0 atom stereocenters. The topological polar surface area (TPSA) is 34.2 Å². The van der Waals surface area contributed by atoms with Crippen molar-refractivity contribution in [3.05, 3.63) is 108 Å². The van der Waals surface area contributed by atoms with Gasteiger partial charge in [0.1, 0.15) is 0 Å². The molecule has 0 saturated carbocycles. The number of hydrogen-bond acceptors (Lipinski definition) is 5. The summed E-state index contributed by atoms with van der Waals surface area (Å²) in [5, 5.41) is 0. The fourth-order valence-corrected chi connectivity index (χ4v) is 4.74. The van der Waals surface area contributed by atoms with Crippen molar-refractivity contribution in [1.82, 2.24) is 9.80 Å². The van der Waals surface area contributed by atoms with E-state index in [1.54, 1.807) is 21.3 Å². The van der Waals surface area contributed by atoms with Crippen LogP contribution in [0.3, 0.4) is 0 Å². The first kappa shape index (κ1) is 25.5. The van der Waals surface area contributed by atoms with Crippen LogP contribution in [0.1, 0.15) is 22.7 Å². The lowest BCUT2D eigenvalue weighted by Gasteiger charge is -2.39. The molecule has 0 radical (unpaired) electrons. The van der Waals surface area contributed by atoms with Crippen molar-refractivity contribution in [2.45, 2.75) is 6.04 Å². The smallest absolute Gasteiger partial charge is 0.203 e. The number of methoxy groups -OCH3 is 3. The molecular weight excluding hydrogens is 448 g/mol. The van der Waals surface area contributed by atoms with Crippen LogP contribution in [0.25, 0.3) is 6.08 Å². The molecule has 3 aromatic carbocycles. The van der Waals surface area contributed by atoms with Gasteiger partial charge < -0.3 is 14.2 Å². The van der Waals surface area contributed by atoms with E-state index in [1.165, 1.54) is 11.1 Å². The summed E-state index contributed by atoms with van der Waals surface area (Å²) >= 11 is 0. The van der Waals surface area contributed by atoms with Crippen LogP contribution in [0.15, 0.2) is 91.0 Å². The maximum Gasteiger partial charge on any atom is 0.203 e. The van der Waals surface area contributed by atoms with Gasteiger partial charge in [0.15, 0.2) is 11.5 Å². The molecule has 1 fully saturated rings. The van der Waals surface area contributed by atoms with Crippen LogP contribution in [0.5, 0.6) is 17.2 Å². The standard InChI is InChI=1S/C31H36N2O3/c1-34-28-23-25(24-29(35-2)31(28)36-3)13-7-6-12-18-32-19-21-33(22-20-32)30(26-14-8-4-9-15-26)27-16-10-5-11-17-27/h4-17,23-24,30H,18-22H2,1-3H3/b12-6+,13-7+. The summed E-state index contributed by atoms with van der Waals surface area (Å²) in [6.45, 7) is 5.14. The highest BCUT2D eigenvalue weighted by Crippen LogP contribution is 2.38. The molecule has 36 heavy (non-hydrogen) atoms. The molecule has 0 aromatic heterocycles. The number of rotatable bonds is 10. The van der Waals surface area contributed by atoms with Crippen molar-refractivity contribution >= 4 is 6.08 Å². The van der Waals surface area contributed by atoms with Crippen molar-refractivity contribution in [3.8, 4) is 17.2 Å². The summed E-state index contributed by atoms with van der Waals surface area (Å²) in [7, 11) is 4.88. The third-order valence-electron chi connectivity index (χ3n) is 6.59. The molecule has 1 aliphatic rings. The average Bonchev–Trinajstić information content (AvgIpc) is 2.94. The summed E-state index contributed by atoms with van der Waals surface area (Å²) in [6.07, 6.45) is 8.42. The molecule has 1 heterocycles. The molecule has 0 amide bonds. The highest BCUT2D eigenvalue weighted by Gasteiger charge is 2.25. The van der Waals surface area contributed by atoms with Crippen molar-refractivity contribution < 1.29 is 14.2 Å². The average molecular weight is 485 g/mol. The van der Waals surface area contributed by atoms with E-state index < -0.39 is 0 Å². The Kier molecular flexibility index (Phi) is 9.20. The predicted molar refractivity (Wildman–Crippen MR) is 147 cm³/mol. The first-order valence-electron chi connectivity index (χ1n) is 12.4. The third kappa shape index (κ3) is 6.36. The van der Waals surface area contributed by atoms with Gasteiger partial charge in [0.25, 0.3) is 0 Å². The number of allylic oxidation sites excluding steroid dienone is 2. The van der Waals surface area contributed by atoms with E-state index in [-0.39, 0.29) is 0 Å². The van der Waals surface area contributed by atoms with Crippen molar-refractivity contribution in [2.24, 2.45) is 0 Å². The van der Waals surface area contributed by atoms with Crippen LogP contribution in [0, 0.1) is 0 Å². The van der Waals surface area contributed by atoms with Crippen LogP contribution >= 0.6 is 0 Å². The maximum absolute atomic E-state index is 5.44. The van der Waals surface area contributed by atoms with E-state index in [1.807, 2.05) is 18.2 Å². The minimum atomic E-state index is 0.298. The zero-order chi connectivity index (χ0) is 25.2. The van der Waals surface area contributed by atoms with Crippen LogP contribution in [0.2, 0.25) is 0 Å². The van der Waals surface area contributed by atoms with E-state index in [0.29, 0.717) is 23.3 Å². The second kappa shape index (κ2) is 13.0. The molecule has 188 valence electrons. The Hall–Kier alpha value is -3.54. The van der Waals surface area contributed by atoms with Crippen molar-refractivity contribution in [3.63, 3.8) is 0 Å². The van der Waals surface area contributed by atoms with E-state index >= 15 is 0 Å². The molecular formula is C31H36N2O3. The molecule has 5 heteroatoms. The van der Waals surface area contributed by atoms with Gasteiger partial charge in [-0.1, -0.05) is 85.0 Å². The summed E-state index contributed by atoms with van der Waals surface area (Å²) in [5.41, 5.74) is 3.71. The monoisotopic (exact) mass is 484 g/mol. The molecule has 4 rings (SSSR count). The third-order valence-corrected chi connectivity index (χ3v) is 6.59. The minimum Gasteiger partial charge on any atom is -0.493 e. The molecule has 0 spiro atoms. The maximum atomic E-state index is 5.44. The molecule has 3 aromatic rings. The molecule has 0 bridgehead atoms. The number of benzene rings is 3. The van der Waals surface area contributed by atoms with Gasteiger partial charge in [-0.2, -0.15) is 0 Å². The molecule has 1 aliphatic heterocycles. The van der Waals surface area contributed by atoms with E-state index in [2.05, 4.69) is 88.7 Å². The van der Waals surface area contributed by atoms with Gasteiger partial charge in [0, 0.05) is 32.7 Å². The molecule has 5 nitrogen and oxygen atoms in total. The highest BCUT2D eigenvalue weighted by molar-refractivity contribution is 5.62. The van der Waals surface area contributed by atoms with Crippen LogP contribution in [-0.4, -0.2) is 63.9 Å². The van der Waals surface area contributed by atoms with Crippen molar-refractivity contribution in [2.75, 3.05) is 54.1 Å². The molecule has 0 N–H and O–H groups in total.